The summed E-state index contributed by atoms with van der Waals surface area (Å²) in [6.07, 6.45) is 3.38. The van der Waals surface area contributed by atoms with Crippen molar-refractivity contribution < 1.29 is 9.59 Å². The van der Waals surface area contributed by atoms with Gasteiger partial charge in [-0.25, -0.2) is 0 Å². The van der Waals surface area contributed by atoms with Crippen LogP contribution in [-0.2, 0) is 11.2 Å². The topological polar surface area (TPSA) is 86.9 Å². The van der Waals surface area contributed by atoms with Crippen LogP contribution in [0.3, 0.4) is 0 Å². The van der Waals surface area contributed by atoms with E-state index >= 15 is 0 Å². The zero-order valence-corrected chi connectivity index (χ0v) is 18.4. The van der Waals surface area contributed by atoms with E-state index in [1.807, 2.05) is 18.2 Å². The number of nitrogens with one attached hydrogen (secondary N) is 3. The van der Waals surface area contributed by atoms with E-state index in [1.54, 1.807) is 30.5 Å². The van der Waals surface area contributed by atoms with Crippen molar-refractivity contribution in [2.24, 2.45) is 0 Å². The molecule has 0 radical (unpaired) electrons. The Hall–Kier alpha value is -3.64. The van der Waals surface area contributed by atoms with Crippen LogP contribution in [-0.4, -0.2) is 21.8 Å². The maximum absolute atomic E-state index is 12.3. The third kappa shape index (κ3) is 4.98. The van der Waals surface area contributed by atoms with Crippen molar-refractivity contribution in [3.05, 3.63) is 88.6 Å². The largest absolute Gasteiger partial charge is 0.353 e. The standard InChI is InChI=1S/C25H23ClN4O2/c1-16-8-13-21-20(15-16)19(24(28-21)22-6-2-3-14-27-22)5-4-7-23(31)29-30-25(32)17-9-11-18(26)12-10-17/h2-3,6,8-15,28H,4-5,7H2,1H3,(H,29,31)(H,30,32). The highest BCUT2D eigenvalue weighted by Crippen LogP contribution is 2.31. The summed E-state index contributed by atoms with van der Waals surface area (Å²) in [6, 6.07) is 18.6. The molecule has 2 amide bonds. The van der Waals surface area contributed by atoms with Gasteiger partial charge in [0.2, 0.25) is 5.91 Å². The van der Waals surface area contributed by atoms with E-state index in [-0.39, 0.29) is 18.2 Å². The van der Waals surface area contributed by atoms with Gasteiger partial charge < -0.3 is 4.98 Å². The molecule has 0 saturated carbocycles. The second-order valence-electron chi connectivity index (χ2n) is 7.61. The van der Waals surface area contributed by atoms with Crippen molar-refractivity contribution in [3.8, 4) is 11.4 Å². The van der Waals surface area contributed by atoms with Gasteiger partial charge in [0.05, 0.1) is 11.4 Å². The summed E-state index contributed by atoms with van der Waals surface area (Å²) in [5.74, 6) is -0.637. The number of hydrazine groups is 1. The minimum atomic E-state index is -0.389. The van der Waals surface area contributed by atoms with E-state index in [0.717, 1.165) is 27.9 Å². The molecule has 0 spiro atoms. The molecule has 162 valence electrons. The molecule has 2 heterocycles. The maximum atomic E-state index is 12.3. The van der Waals surface area contributed by atoms with Crippen LogP contribution in [0.2, 0.25) is 5.02 Å². The SMILES string of the molecule is Cc1ccc2[nH]c(-c3ccccn3)c(CCCC(=O)NNC(=O)c3ccc(Cl)cc3)c2c1. The minimum absolute atomic E-state index is 0.247. The quantitative estimate of drug-likeness (QED) is 0.365. The minimum Gasteiger partial charge on any atom is -0.353 e. The molecule has 0 atom stereocenters. The van der Waals surface area contributed by atoms with Gasteiger partial charge in [0.15, 0.2) is 0 Å². The first-order chi connectivity index (χ1) is 15.5. The van der Waals surface area contributed by atoms with Gasteiger partial charge >= 0.3 is 0 Å². The summed E-state index contributed by atoms with van der Waals surface area (Å²) < 4.78 is 0. The number of H-pyrrole nitrogens is 1. The van der Waals surface area contributed by atoms with Crippen LogP contribution in [0.4, 0.5) is 0 Å². The Balaban J connectivity index is 1.40. The molecule has 2 aromatic heterocycles. The molecule has 0 aliphatic rings. The predicted octanol–water partition coefficient (Wildman–Crippen LogP) is 4.98. The number of carbonyl (C=O) groups is 2. The fourth-order valence-corrected chi connectivity index (χ4v) is 3.76. The van der Waals surface area contributed by atoms with Crippen molar-refractivity contribution in [1.82, 2.24) is 20.8 Å². The second kappa shape index (κ2) is 9.66. The lowest BCUT2D eigenvalue weighted by Crippen LogP contribution is -2.41. The number of hydrogen-bond acceptors (Lipinski definition) is 3. The van der Waals surface area contributed by atoms with Crippen molar-refractivity contribution in [2.45, 2.75) is 26.2 Å². The molecule has 3 N–H and O–H groups in total. The highest BCUT2D eigenvalue weighted by Gasteiger charge is 2.15. The van der Waals surface area contributed by atoms with Gasteiger partial charge in [-0.05, 0) is 73.9 Å². The number of hydrogen-bond donors (Lipinski definition) is 3. The lowest BCUT2D eigenvalue weighted by atomic mass is 10.0. The van der Waals surface area contributed by atoms with Crippen LogP contribution in [0.25, 0.3) is 22.3 Å². The van der Waals surface area contributed by atoms with E-state index in [1.165, 1.54) is 5.56 Å². The molecule has 0 aliphatic carbocycles. The van der Waals surface area contributed by atoms with Gasteiger partial charge in [0.1, 0.15) is 0 Å². The molecule has 0 aliphatic heterocycles. The van der Waals surface area contributed by atoms with Crippen molar-refractivity contribution >= 4 is 34.3 Å². The lowest BCUT2D eigenvalue weighted by molar-refractivity contribution is -0.121. The number of rotatable bonds is 6. The Morgan fingerprint density at radius 2 is 1.84 bits per heavy atom. The number of carbonyl (C=O) groups excluding carboxylic acids is 2. The molecule has 6 nitrogen and oxygen atoms in total. The van der Waals surface area contributed by atoms with E-state index in [2.05, 4.69) is 45.9 Å². The van der Waals surface area contributed by atoms with Gasteiger partial charge in [-0.3, -0.25) is 25.4 Å². The second-order valence-corrected chi connectivity index (χ2v) is 8.04. The van der Waals surface area contributed by atoms with E-state index in [9.17, 15) is 9.59 Å². The summed E-state index contributed by atoms with van der Waals surface area (Å²) in [5.41, 5.74) is 10.5. The maximum Gasteiger partial charge on any atom is 0.269 e. The predicted molar refractivity (Wildman–Crippen MR) is 126 cm³/mol. The first-order valence-electron chi connectivity index (χ1n) is 10.4. The van der Waals surface area contributed by atoms with Gasteiger partial charge in [-0.15, -0.1) is 0 Å². The number of aromatic nitrogens is 2. The van der Waals surface area contributed by atoms with Crippen molar-refractivity contribution in [1.29, 1.82) is 0 Å². The Kier molecular flexibility index (Phi) is 6.52. The number of aromatic amines is 1. The number of nitrogens with zero attached hydrogens (tertiary/aromatic N) is 1. The lowest BCUT2D eigenvalue weighted by Gasteiger charge is -2.08. The van der Waals surface area contributed by atoms with Crippen LogP contribution >= 0.6 is 11.6 Å². The Bertz CT molecular complexity index is 1250. The number of halogens is 1. The van der Waals surface area contributed by atoms with Crippen molar-refractivity contribution in [2.75, 3.05) is 0 Å². The zero-order chi connectivity index (χ0) is 22.5. The highest BCUT2D eigenvalue weighted by molar-refractivity contribution is 6.30. The van der Waals surface area contributed by atoms with E-state index in [4.69, 9.17) is 11.6 Å². The smallest absolute Gasteiger partial charge is 0.269 e. The van der Waals surface area contributed by atoms with Gasteiger partial charge in [0.25, 0.3) is 5.91 Å². The summed E-state index contributed by atoms with van der Waals surface area (Å²) in [4.78, 5) is 32.4. The number of benzene rings is 2. The van der Waals surface area contributed by atoms with Gasteiger partial charge in [-0.2, -0.15) is 0 Å². The number of aryl methyl sites for hydroxylation is 2. The molecule has 0 bridgehead atoms. The molecule has 32 heavy (non-hydrogen) atoms. The third-order valence-electron chi connectivity index (χ3n) is 5.24. The van der Waals surface area contributed by atoms with Gasteiger partial charge in [0, 0.05) is 34.1 Å². The Labute approximate surface area is 191 Å². The Morgan fingerprint density at radius 3 is 2.59 bits per heavy atom. The van der Waals surface area contributed by atoms with Crippen LogP contribution in [0, 0.1) is 6.92 Å². The molecule has 4 aromatic rings. The first kappa shape index (κ1) is 21.6. The normalized spacial score (nSPS) is 10.8. The fraction of sp³-hybridized carbons (Fsp3) is 0.160. The first-order valence-corrected chi connectivity index (χ1v) is 10.8. The summed E-state index contributed by atoms with van der Waals surface area (Å²) in [5, 5.41) is 1.69. The van der Waals surface area contributed by atoms with Crippen molar-refractivity contribution in [3.63, 3.8) is 0 Å². The molecule has 2 aromatic carbocycles. The molecule has 0 fully saturated rings. The third-order valence-corrected chi connectivity index (χ3v) is 5.49. The average molecular weight is 447 g/mol. The molecule has 0 unspecified atom stereocenters. The molecule has 4 rings (SSSR count). The number of amides is 2. The highest BCUT2D eigenvalue weighted by atomic mass is 35.5. The molecular weight excluding hydrogens is 424 g/mol. The summed E-state index contributed by atoms with van der Waals surface area (Å²) >= 11 is 5.83. The number of pyridine rings is 1. The van der Waals surface area contributed by atoms with Crippen LogP contribution < -0.4 is 10.9 Å². The molecular formula is C25H23ClN4O2. The molecule has 0 saturated heterocycles. The van der Waals surface area contributed by atoms with Crippen LogP contribution in [0.5, 0.6) is 0 Å². The average Bonchev–Trinajstić information content (AvgIpc) is 3.16. The van der Waals surface area contributed by atoms with Crippen LogP contribution in [0.1, 0.15) is 34.3 Å². The fourth-order valence-electron chi connectivity index (χ4n) is 3.64. The Morgan fingerprint density at radius 1 is 1.03 bits per heavy atom. The summed E-state index contributed by atoms with van der Waals surface area (Å²) in [7, 11) is 0. The van der Waals surface area contributed by atoms with E-state index < -0.39 is 0 Å². The van der Waals surface area contributed by atoms with Gasteiger partial charge in [-0.1, -0.05) is 29.3 Å². The van der Waals surface area contributed by atoms with Crippen LogP contribution in [0.15, 0.2) is 66.9 Å². The zero-order valence-electron chi connectivity index (χ0n) is 17.6. The monoisotopic (exact) mass is 446 g/mol. The number of fused-ring (bicyclic) bond motifs is 1. The summed E-state index contributed by atoms with van der Waals surface area (Å²) in [6.45, 7) is 2.06. The van der Waals surface area contributed by atoms with E-state index in [0.29, 0.717) is 23.4 Å². The molecule has 7 heteroatoms.